The van der Waals surface area contributed by atoms with Crippen molar-refractivity contribution in [1.82, 2.24) is 0 Å². The number of nitrogens with one attached hydrogen (secondary N) is 1. The lowest BCUT2D eigenvalue weighted by Crippen LogP contribution is -2.39. The number of hydrogen-bond acceptors (Lipinski definition) is 6. The predicted octanol–water partition coefficient (Wildman–Crippen LogP) is 4.48. The highest BCUT2D eigenvalue weighted by molar-refractivity contribution is 6.01. The molecule has 0 aromatic heterocycles. The summed E-state index contributed by atoms with van der Waals surface area (Å²) in [5, 5.41) is 3.53. The number of fused-ring (bicyclic) bond motifs is 1. The molecule has 0 radical (unpaired) electrons. The number of esters is 1. The summed E-state index contributed by atoms with van der Waals surface area (Å²) in [4.78, 5) is 27.9. The zero-order chi connectivity index (χ0) is 22.2. The van der Waals surface area contributed by atoms with E-state index in [4.69, 9.17) is 9.47 Å². The van der Waals surface area contributed by atoms with E-state index in [-0.39, 0.29) is 23.7 Å². The molecule has 2 aliphatic rings. The molecule has 1 heterocycles. The molecule has 2 aromatic carbocycles. The van der Waals surface area contributed by atoms with Crippen molar-refractivity contribution < 1.29 is 19.1 Å². The van der Waals surface area contributed by atoms with Crippen LogP contribution >= 0.6 is 0 Å². The van der Waals surface area contributed by atoms with Gasteiger partial charge in [0.25, 0.3) is 0 Å². The Kier molecular flexibility index (Phi) is 5.48. The summed E-state index contributed by atoms with van der Waals surface area (Å²) < 4.78 is 10.3. The van der Waals surface area contributed by atoms with Gasteiger partial charge >= 0.3 is 5.97 Å². The minimum Gasteiger partial charge on any atom is -0.497 e. The number of para-hydroxylation sites is 2. The molecule has 6 nitrogen and oxygen atoms in total. The van der Waals surface area contributed by atoms with E-state index < -0.39 is 6.04 Å². The summed E-state index contributed by atoms with van der Waals surface area (Å²) in [7, 11) is 3.00. The number of carbonyl (C=O) groups is 2. The molecule has 0 fully saturated rings. The average molecular weight is 421 g/mol. The van der Waals surface area contributed by atoms with Gasteiger partial charge in [-0.2, -0.15) is 0 Å². The minimum atomic E-state index is -0.417. The zero-order valence-corrected chi connectivity index (χ0v) is 18.4. The largest absolute Gasteiger partial charge is 0.497 e. The van der Waals surface area contributed by atoms with E-state index in [1.165, 1.54) is 7.11 Å². The van der Waals surface area contributed by atoms with Gasteiger partial charge in [0.2, 0.25) is 0 Å². The van der Waals surface area contributed by atoms with E-state index in [1.54, 1.807) is 7.11 Å². The molecule has 31 heavy (non-hydrogen) atoms. The number of benzene rings is 2. The van der Waals surface area contributed by atoms with Gasteiger partial charge in [-0.3, -0.25) is 9.59 Å². The van der Waals surface area contributed by atoms with Crippen molar-refractivity contribution >= 4 is 23.1 Å². The van der Waals surface area contributed by atoms with E-state index in [1.807, 2.05) is 53.4 Å². The van der Waals surface area contributed by atoms with Crippen LogP contribution in [-0.4, -0.2) is 32.5 Å². The Morgan fingerprint density at radius 2 is 1.81 bits per heavy atom. The first-order valence-electron chi connectivity index (χ1n) is 10.4. The van der Waals surface area contributed by atoms with Crippen LogP contribution < -0.4 is 15.0 Å². The van der Waals surface area contributed by atoms with Gasteiger partial charge < -0.3 is 19.7 Å². The fourth-order valence-corrected chi connectivity index (χ4v) is 4.56. The van der Waals surface area contributed by atoms with Crippen molar-refractivity contribution in [3.05, 3.63) is 65.4 Å². The lowest BCUT2D eigenvalue weighted by Gasteiger charge is -2.37. The third kappa shape index (κ3) is 4.02. The topological polar surface area (TPSA) is 67.9 Å². The highest BCUT2D eigenvalue weighted by atomic mass is 16.5. The Morgan fingerprint density at radius 1 is 1.10 bits per heavy atom. The van der Waals surface area contributed by atoms with Crippen LogP contribution in [0, 0.1) is 5.41 Å². The van der Waals surface area contributed by atoms with Gasteiger partial charge in [0.15, 0.2) is 5.78 Å². The van der Waals surface area contributed by atoms with Crippen LogP contribution in [-0.2, 0) is 14.3 Å². The molecule has 1 atom stereocenters. The maximum Gasteiger partial charge on any atom is 0.325 e. The molecule has 162 valence electrons. The van der Waals surface area contributed by atoms with E-state index in [9.17, 15) is 9.59 Å². The number of allylic oxidation sites excluding steroid dienone is 1. The van der Waals surface area contributed by atoms with Crippen molar-refractivity contribution in [2.24, 2.45) is 5.41 Å². The van der Waals surface area contributed by atoms with Crippen LogP contribution in [0.3, 0.4) is 0 Å². The molecule has 1 aliphatic heterocycles. The molecule has 1 aliphatic carbocycles. The SMILES string of the molecule is COC(=O)CN1c2ccccc2NC2=C(C(=O)CC(C)(C)C2)[C@@H]1c1ccc(OC)cc1. The second-order valence-corrected chi connectivity index (χ2v) is 8.86. The minimum absolute atomic E-state index is 0.0271. The fraction of sp³-hybridized carbons (Fsp3) is 0.360. The van der Waals surface area contributed by atoms with Gasteiger partial charge in [-0.25, -0.2) is 0 Å². The highest BCUT2D eigenvalue weighted by Gasteiger charge is 2.41. The Labute approximate surface area is 182 Å². The molecule has 0 spiro atoms. The number of anilines is 2. The van der Waals surface area contributed by atoms with E-state index >= 15 is 0 Å². The number of hydrogen-bond donors (Lipinski definition) is 1. The number of carbonyl (C=O) groups excluding carboxylic acids is 2. The number of ketones is 1. The normalized spacial score (nSPS) is 19.7. The molecular formula is C25H28N2O4. The lowest BCUT2D eigenvalue weighted by molar-refractivity contribution is -0.139. The van der Waals surface area contributed by atoms with Crippen molar-refractivity contribution in [3.8, 4) is 5.75 Å². The molecule has 0 bridgehead atoms. The van der Waals surface area contributed by atoms with Gasteiger partial charge in [-0.05, 0) is 41.7 Å². The Balaban J connectivity index is 1.95. The maximum atomic E-state index is 13.5. The van der Waals surface area contributed by atoms with Gasteiger partial charge in [-0.1, -0.05) is 38.1 Å². The second-order valence-electron chi connectivity index (χ2n) is 8.86. The fourth-order valence-electron chi connectivity index (χ4n) is 4.56. The third-order valence-corrected chi connectivity index (χ3v) is 5.96. The molecule has 6 heteroatoms. The smallest absolute Gasteiger partial charge is 0.325 e. The molecule has 1 N–H and O–H groups in total. The van der Waals surface area contributed by atoms with E-state index in [0.29, 0.717) is 12.0 Å². The third-order valence-electron chi connectivity index (χ3n) is 5.96. The number of nitrogens with zero attached hydrogens (tertiary/aromatic N) is 1. The van der Waals surface area contributed by atoms with Crippen LogP contribution in [0.2, 0.25) is 0 Å². The van der Waals surface area contributed by atoms with Crippen LogP contribution in [0.1, 0.15) is 38.3 Å². The van der Waals surface area contributed by atoms with Gasteiger partial charge in [0.1, 0.15) is 12.3 Å². The molecular weight excluding hydrogens is 392 g/mol. The Morgan fingerprint density at radius 3 is 2.48 bits per heavy atom. The molecule has 0 saturated heterocycles. The summed E-state index contributed by atoms with van der Waals surface area (Å²) in [6.07, 6.45) is 1.21. The van der Waals surface area contributed by atoms with E-state index in [0.717, 1.165) is 34.8 Å². The molecule has 0 saturated carbocycles. The number of Topliss-reactive ketones (excluding diaryl/α,β-unsaturated/α-hetero) is 1. The van der Waals surface area contributed by atoms with Gasteiger partial charge in [0, 0.05) is 17.7 Å². The van der Waals surface area contributed by atoms with Crippen LogP contribution in [0.15, 0.2) is 59.8 Å². The summed E-state index contributed by atoms with van der Waals surface area (Å²) in [5.41, 5.74) is 4.14. The Bertz CT molecular complexity index is 1040. The van der Waals surface area contributed by atoms with Crippen LogP contribution in [0.4, 0.5) is 11.4 Å². The van der Waals surface area contributed by atoms with Gasteiger partial charge in [0.05, 0.1) is 31.6 Å². The monoisotopic (exact) mass is 420 g/mol. The number of rotatable bonds is 4. The summed E-state index contributed by atoms with van der Waals surface area (Å²) in [6, 6.07) is 15.1. The van der Waals surface area contributed by atoms with Crippen LogP contribution in [0.5, 0.6) is 5.75 Å². The first kappa shape index (κ1) is 21.0. The van der Waals surface area contributed by atoms with Crippen molar-refractivity contribution in [2.75, 3.05) is 31.0 Å². The molecule has 0 unspecified atom stereocenters. The standard InChI is InChI=1S/C25H28N2O4/c1-25(2)13-19-23(21(28)14-25)24(16-9-11-17(30-3)12-10-16)27(15-22(29)31-4)20-8-6-5-7-18(20)26-19/h5-12,24,26H,13-15H2,1-4H3/t24-/m0/s1. The molecule has 2 aromatic rings. The van der Waals surface area contributed by atoms with Crippen LogP contribution in [0.25, 0.3) is 0 Å². The molecule has 0 amide bonds. The predicted molar refractivity (Wildman–Crippen MR) is 120 cm³/mol. The highest BCUT2D eigenvalue weighted by Crippen LogP contribution is 2.48. The van der Waals surface area contributed by atoms with E-state index in [2.05, 4.69) is 19.2 Å². The number of methoxy groups -OCH3 is 2. The van der Waals surface area contributed by atoms with Crippen molar-refractivity contribution in [2.45, 2.75) is 32.7 Å². The number of ether oxygens (including phenoxy) is 2. The first-order chi connectivity index (χ1) is 14.8. The lowest BCUT2D eigenvalue weighted by atomic mass is 9.73. The summed E-state index contributed by atoms with van der Waals surface area (Å²) >= 11 is 0. The zero-order valence-electron chi connectivity index (χ0n) is 18.4. The first-order valence-corrected chi connectivity index (χ1v) is 10.4. The second kappa shape index (κ2) is 8.10. The summed E-state index contributed by atoms with van der Waals surface area (Å²) in [5.74, 6) is 0.476. The summed E-state index contributed by atoms with van der Waals surface area (Å²) in [6.45, 7) is 4.25. The van der Waals surface area contributed by atoms with Gasteiger partial charge in [-0.15, -0.1) is 0 Å². The average Bonchev–Trinajstić information content (AvgIpc) is 2.87. The molecule has 4 rings (SSSR count). The maximum absolute atomic E-state index is 13.5. The van der Waals surface area contributed by atoms with Crippen molar-refractivity contribution in [1.29, 1.82) is 0 Å². The van der Waals surface area contributed by atoms with Crippen molar-refractivity contribution in [3.63, 3.8) is 0 Å². The Hall–Kier alpha value is -3.28. The quantitative estimate of drug-likeness (QED) is 0.736.